The van der Waals surface area contributed by atoms with Gasteiger partial charge < -0.3 is 0 Å². The van der Waals surface area contributed by atoms with Crippen LogP contribution in [0.3, 0.4) is 0 Å². The van der Waals surface area contributed by atoms with Crippen molar-refractivity contribution in [3.05, 3.63) is 360 Å². The molecule has 0 saturated carbocycles. The van der Waals surface area contributed by atoms with E-state index in [2.05, 4.69) is 315 Å². The molecule has 0 N–H and O–H groups in total. The minimum Gasteiger partial charge on any atom is -0.0888 e. The van der Waals surface area contributed by atoms with E-state index in [1.54, 1.807) is 0 Å². The lowest BCUT2D eigenvalue weighted by Crippen LogP contribution is -2.29. The first-order chi connectivity index (χ1) is 45.6. The molecule has 0 fully saturated rings. The maximum atomic E-state index is 2.56. The zero-order valence-corrected chi connectivity index (χ0v) is 51.5. The molecular weight excluding hydrogens is 1150 g/mol. The molecule has 1 spiro atoms. The second-order valence-electron chi connectivity index (χ2n) is 25.6. The Balaban J connectivity index is 0.739. The molecule has 21 rings (SSSR count). The summed E-state index contributed by atoms with van der Waals surface area (Å²) in [6.45, 7) is 0. The number of rotatable bonds is 5. The summed E-state index contributed by atoms with van der Waals surface area (Å²) in [7, 11) is 0. The van der Waals surface area contributed by atoms with Crippen molar-refractivity contribution in [2.75, 3.05) is 0 Å². The molecule has 5 aliphatic rings. The molecule has 16 aromatic carbocycles. The molecule has 3 aliphatic carbocycles. The number of hydrogen-bond acceptors (Lipinski definition) is 2. The highest BCUT2D eigenvalue weighted by Crippen LogP contribution is 2.67. The molecule has 2 aliphatic heterocycles. The summed E-state index contributed by atoms with van der Waals surface area (Å²) >= 11 is 3.80. The maximum Gasteiger partial charge on any atom is 0.0731 e. The Morgan fingerprint density at radius 3 is 1.42 bits per heavy atom. The third-order valence-electron chi connectivity index (χ3n) is 21.3. The standard InChI is InChI=1S/C90H52S2/c1-2-22-62(23-3-1)89(75-31-9-6-24-63(75)60-42-45-69-71-30-13-19-55-21-15-36-82(86(55)71)92-84(69)52-60)76-32-10-7-26-66(76)74-48-61-47-59(38-37-57(61)50-80(74)89)64-28-16-34-78-87(64)73-27-8-11-33-77(73)90(78)79-49-56(40-43-67(79)72-46-39-53-17-4-5-25-65(53)88(72)90)58-41-44-68-70-29-12-18-54-20-14-35-81(85(54)70)91-83(68)51-58/h1-52H/t89?,90-/m1/s1. The molecule has 0 aromatic heterocycles. The Bertz CT molecular complexity index is 5960. The van der Waals surface area contributed by atoms with E-state index < -0.39 is 10.8 Å². The first-order valence-electron chi connectivity index (χ1n) is 32.0. The average Bonchev–Trinajstić information content (AvgIpc) is 1.50. The smallest absolute Gasteiger partial charge is 0.0731 e. The van der Waals surface area contributed by atoms with Gasteiger partial charge in [-0.15, -0.1) is 0 Å². The van der Waals surface area contributed by atoms with Gasteiger partial charge in [0.2, 0.25) is 0 Å². The maximum absolute atomic E-state index is 2.56. The minimum absolute atomic E-state index is 0.586. The third kappa shape index (κ3) is 6.75. The molecule has 2 heterocycles. The SMILES string of the molecule is c1ccc(C2(c3ccccc3-c3ccc4c(c3)Sc3cccc5cccc-4c35)c3ccccc3-c3cc4cc(-c5cccc6c5-c5ccccc5[C@]65c6cc(-c7ccc8c(c7)Sc7cccc9cccc-8c79)ccc6-c6ccc7ccccc7c65)ccc4cc32)cc1. The lowest BCUT2D eigenvalue weighted by Gasteiger charge is -2.36. The number of fused-ring (bicyclic) bond motifs is 20. The summed E-state index contributed by atoms with van der Waals surface area (Å²) in [5, 5.41) is 10.3. The fraction of sp³-hybridized carbons (Fsp3) is 0.0222. The highest BCUT2D eigenvalue weighted by atomic mass is 32.2. The van der Waals surface area contributed by atoms with Crippen LogP contribution in [0.5, 0.6) is 0 Å². The van der Waals surface area contributed by atoms with Gasteiger partial charge in [0.15, 0.2) is 0 Å². The normalized spacial score (nSPS) is 16.3. The molecule has 0 saturated heterocycles. The molecule has 1 unspecified atom stereocenters. The molecular formula is C90H52S2. The zero-order chi connectivity index (χ0) is 60.0. The molecule has 16 aromatic rings. The van der Waals surface area contributed by atoms with Crippen molar-refractivity contribution in [1.82, 2.24) is 0 Å². The molecule has 2 atom stereocenters. The molecule has 92 heavy (non-hydrogen) atoms. The van der Waals surface area contributed by atoms with Crippen molar-refractivity contribution < 1.29 is 0 Å². The third-order valence-corrected chi connectivity index (χ3v) is 23.5. The van der Waals surface area contributed by atoms with Crippen LogP contribution in [0.4, 0.5) is 0 Å². The van der Waals surface area contributed by atoms with Gasteiger partial charge in [-0.2, -0.15) is 0 Å². The van der Waals surface area contributed by atoms with Crippen molar-refractivity contribution in [1.29, 1.82) is 0 Å². The van der Waals surface area contributed by atoms with Crippen LogP contribution in [0.25, 0.3) is 132 Å². The Hall–Kier alpha value is -10.7. The highest BCUT2D eigenvalue weighted by molar-refractivity contribution is 8.00. The van der Waals surface area contributed by atoms with Gasteiger partial charge >= 0.3 is 0 Å². The second kappa shape index (κ2) is 18.9. The summed E-state index contributed by atoms with van der Waals surface area (Å²) in [6.07, 6.45) is 0. The van der Waals surface area contributed by atoms with Gasteiger partial charge in [0.05, 0.1) is 10.8 Å². The van der Waals surface area contributed by atoms with E-state index in [1.807, 2.05) is 23.5 Å². The van der Waals surface area contributed by atoms with Gasteiger partial charge in [0, 0.05) is 30.4 Å². The Labute approximate surface area is 542 Å². The van der Waals surface area contributed by atoms with E-state index in [9.17, 15) is 0 Å². The van der Waals surface area contributed by atoms with Gasteiger partial charge in [-0.1, -0.05) is 290 Å². The average molecular weight is 1200 g/mol. The number of hydrogen-bond donors (Lipinski definition) is 0. The van der Waals surface area contributed by atoms with E-state index in [-0.39, 0.29) is 0 Å². The lowest BCUT2D eigenvalue weighted by atomic mass is 9.65. The van der Waals surface area contributed by atoms with Gasteiger partial charge in [0.1, 0.15) is 0 Å². The summed E-state index contributed by atoms with van der Waals surface area (Å²) in [4.78, 5) is 5.23. The molecule has 0 nitrogen and oxygen atoms in total. The molecule has 0 amide bonds. The summed E-state index contributed by atoms with van der Waals surface area (Å²) in [5.41, 5.74) is 29.7. The van der Waals surface area contributed by atoms with Crippen LogP contribution in [0, 0.1) is 0 Å². The van der Waals surface area contributed by atoms with Crippen LogP contribution in [0.1, 0.15) is 44.5 Å². The van der Waals surface area contributed by atoms with E-state index in [1.165, 1.54) is 196 Å². The van der Waals surface area contributed by atoms with Crippen molar-refractivity contribution in [2.45, 2.75) is 30.4 Å². The topological polar surface area (TPSA) is 0 Å². The van der Waals surface area contributed by atoms with E-state index in [0.717, 1.165) is 0 Å². The summed E-state index contributed by atoms with van der Waals surface area (Å²) in [6, 6.07) is 121. The van der Waals surface area contributed by atoms with Crippen LogP contribution in [-0.4, -0.2) is 0 Å². The van der Waals surface area contributed by atoms with Crippen LogP contribution in [0.15, 0.2) is 335 Å². The molecule has 0 radical (unpaired) electrons. The predicted molar refractivity (Wildman–Crippen MR) is 385 cm³/mol. The predicted octanol–water partition coefficient (Wildman–Crippen LogP) is 24.3. The fourth-order valence-electron chi connectivity index (χ4n) is 17.6. The number of benzene rings is 16. The van der Waals surface area contributed by atoms with Crippen LogP contribution in [0.2, 0.25) is 0 Å². The van der Waals surface area contributed by atoms with Gasteiger partial charge in [0.25, 0.3) is 0 Å². The largest absolute Gasteiger partial charge is 0.0888 e. The van der Waals surface area contributed by atoms with E-state index >= 15 is 0 Å². The van der Waals surface area contributed by atoms with E-state index in [4.69, 9.17) is 0 Å². The van der Waals surface area contributed by atoms with Crippen LogP contribution in [-0.2, 0) is 10.8 Å². The van der Waals surface area contributed by atoms with Gasteiger partial charge in [-0.3, -0.25) is 0 Å². The minimum atomic E-state index is -0.617. The monoisotopic (exact) mass is 1200 g/mol. The zero-order valence-electron chi connectivity index (χ0n) is 49.8. The first-order valence-corrected chi connectivity index (χ1v) is 33.7. The summed E-state index contributed by atoms with van der Waals surface area (Å²) < 4.78 is 0. The Kier molecular flexibility index (Phi) is 10.5. The molecule has 424 valence electrons. The van der Waals surface area contributed by atoms with Gasteiger partial charge in [-0.05, 0) is 214 Å². The van der Waals surface area contributed by atoms with Crippen molar-refractivity contribution in [2.24, 2.45) is 0 Å². The van der Waals surface area contributed by atoms with E-state index in [0.29, 0.717) is 0 Å². The lowest BCUT2D eigenvalue weighted by molar-refractivity contribution is 0.771. The highest BCUT2D eigenvalue weighted by Gasteiger charge is 2.53. The Morgan fingerprint density at radius 2 is 0.685 bits per heavy atom. The van der Waals surface area contributed by atoms with Crippen molar-refractivity contribution in [3.8, 4) is 89.0 Å². The first kappa shape index (κ1) is 51.1. The quantitative estimate of drug-likeness (QED) is 0.168. The summed E-state index contributed by atoms with van der Waals surface area (Å²) in [5.74, 6) is 0. The van der Waals surface area contributed by atoms with Gasteiger partial charge in [-0.25, -0.2) is 0 Å². The Morgan fingerprint density at radius 1 is 0.207 bits per heavy atom. The molecule has 2 heteroatoms. The fourth-order valence-corrected chi connectivity index (χ4v) is 20.0. The van der Waals surface area contributed by atoms with Crippen molar-refractivity contribution in [3.63, 3.8) is 0 Å². The van der Waals surface area contributed by atoms with Crippen LogP contribution >= 0.6 is 23.5 Å². The molecule has 0 bridgehead atoms. The second-order valence-corrected chi connectivity index (χ2v) is 27.8. The van der Waals surface area contributed by atoms with Crippen LogP contribution < -0.4 is 0 Å². The van der Waals surface area contributed by atoms with Crippen molar-refractivity contribution >= 4 is 66.6 Å².